The number of hydrogen-bond donors (Lipinski definition) is 2. The van der Waals surface area contributed by atoms with E-state index < -0.39 is 24.3 Å². The van der Waals surface area contributed by atoms with Crippen LogP contribution in [0.5, 0.6) is 0 Å². The van der Waals surface area contributed by atoms with Gasteiger partial charge in [-0.25, -0.2) is 19.6 Å². The highest BCUT2D eigenvalue weighted by Crippen LogP contribution is 2.13. The predicted octanol–water partition coefficient (Wildman–Crippen LogP) is 2.29. The number of aromatic nitrogens is 3. The number of rotatable bonds is 0. The van der Waals surface area contributed by atoms with Gasteiger partial charge in [0.1, 0.15) is 6.33 Å². The van der Waals surface area contributed by atoms with Gasteiger partial charge in [-0.2, -0.15) is 26.3 Å². The van der Waals surface area contributed by atoms with Gasteiger partial charge in [0.2, 0.25) is 0 Å². The third-order valence-electron chi connectivity index (χ3n) is 1.79. The van der Waals surface area contributed by atoms with Gasteiger partial charge in [-0.15, -0.1) is 0 Å². The largest absolute Gasteiger partial charge is 0.490 e. The average molecular weight is 359 g/mol. The summed E-state index contributed by atoms with van der Waals surface area (Å²) < 4.78 is 63.5. The molecule has 0 aromatic carbocycles. The smallest absolute Gasteiger partial charge is 0.475 e. The molecule has 0 fully saturated rings. The lowest BCUT2D eigenvalue weighted by molar-refractivity contribution is -0.193. The molecule has 0 saturated heterocycles. The number of fused-ring (bicyclic) bond motifs is 1. The Bertz CT molecular complexity index is 600. The summed E-state index contributed by atoms with van der Waals surface area (Å²) in [6.07, 6.45) is -3.43. The molecule has 0 atom stereocenters. The lowest BCUT2D eigenvalue weighted by Crippen LogP contribution is -2.21. The van der Waals surface area contributed by atoms with Crippen molar-refractivity contribution in [2.24, 2.45) is 0 Å². The third kappa shape index (κ3) is 8.45. The maximum absolute atomic E-state index is 10.6. The number of carboxylic acid groups (broad SMARTS) is 2. The van der Waals surface area contributed by atoms with Gasteiger partial charge in [0, 0.05) is 24.0 Å². The van der Waals surface area contributed by atoms with E-state index in [9.17, 15) is 26.3 Å². The second kappa shape index (κ2) is 8.59. The molecule has 2 heterocycles. The minimum atomic E-state index is -5.08. The van der Waals surface area contributed by atoms with E-state index in [1.165, 1.54) is 6.33 Å². The zero-order chi connectivity index (χ0) is 19.0. The lowest BCUT2D eigenvalue weighted by Gasteiger charge is -1.93. The zero-order valence-corrected chi connectivity index (χ0v) is 11.2. The normalized spacial score (nSPS) is 10.8. The van der Waals surface area contributed by atoms with E-state index in [0.29, 0.717) is 0 Å². The molecule has 0 saturated carbocycles. The Labute approximate surface area is 128 Å². The summed E-state index contributed by atoms with van der Waals surface area (Å²) in [5, 5.41) is 15.2. The highest BCUT2D eigenvalue weighted by Gasteiger charge is 2.38. The molecule has 0 radical (unpaired) electrons. The maximum atomic E-state index is 10.6. The average Bonchev–Trinajstić information content (AvgIpc) is 2.46. The first-order valence-corrected chi connectivity index (χ1v) is 5.45. The minimum Gasteiger partial charge on any atom is -0.475 e. The van der Waals surface area contributed by atoms with Gasteiger partial charge < -0.3 is 10.2 Å². The standard InChI is InChI=1S/C7H5N3.2C2HF3O2/c1-2-8-3-6-4-9-5-10-7(1)6;2*3-2(4,5)1(6)7/h1-5H;2*(H,6,7). The SMILES string of the molecule is O=C(O)C(F)(F)F.O=C(O)C(F)(F)F.c1cc2ncncc2cn1. The van der Waals surface area contributed by atoms with E-state index in [1.807, 2.05) is 6.07 Å². The fourth-order valence-corrected chi connectivity index (χ4v) is 0.826. The van der Waals surface area contributed by atoms with Crippen molar-refractivity contribution in [3.63, 3.8) is 0 Å². The molecule has 0 amide bonds. The van der Waals surface area contributed by atoms with Crippen LogP contribution in [-0.4, -0.2) is 49.5 Å². The molecular formula is C11H7F6N3O4. The van der Waals surface area contributed by atoms with Crippen LogP contribution in [-0.2, 0) is 9.59 Å². The molecule has 2 aromatic heterocycles. The molecule has 2 rings (SSSR count). The van der Waals surface area contributed by atoms with Crippen molar-refractivity contribution in [3.05, 3.63) is 31.0 Å². The Hall–Kier alpha value is -2.99. The van der Waals surface area contributed by atoms with Crippen LogP contribution in [0.2, 0.25) is 0 Å². The molecular weight excluding hydrogens is 352 g/mol. The number of aliphatic carboxylic acids is 2. The summed E-state index contributed by atoms with van der Waals surface area (Å²) >= 11 is 0. The molecule has 0 unspecified atom stereocenters. The van der Waals surface area contributed by atoms with E-state index in [4.69, 9.17) is 19.8 Å². The zero-order valence-electron chi connectivity index (χ0n) is 11.2. The first-order chi connectivity index (χ1) is 10.9. The molecule has 0 spiro atoms. The first-order valence-electron chi connectivity index (χ1n) is 5.45. The molecule has 24 heavy (non-hydrogen) atoms. The summed E-state index contributed by atoms with van der Waals surface area (Å²) in [6.45, 7) is 0. The highest BCUT2D eigenvalue weighted by molar-refractivity contribution is 5.75. The third-order valence-corrected chi connectivity index (χ3v) is 1.79. The van der Waals surface area contributed by atoms with Crippen molar-refractivity contribution in [2.45, 2.75) is 12.4 Å². The summed E-state index contributed by atoms with van der Waals surface area (Å²) in [4.78, 5) is 29.6. The van der Waals surface area contributed by atoms with Gasteiger partial charge >= 0.3 is 24.3 Å². The van der Waals surface area contributed by atoms with Gasteiger partial charge in [0.15, 0.2) is 0 Å². The van der Waals surface area contributed by atoms with Crippen LogP contribution < -0.4 is 0 Å². The maximum Gasteiger partial charge on any atom is 0.490 e. The summed E-state index contributed by atoms with van der Waals surface area (Å²) in [7, 11) is 0. The van der Waals surface area contributed by atoms with Crippen LogP contribution in [0.4, 0.5) is 26.3 Å². The van der Waals surface area contributed by atoms with Crippen LogP contribution in [0.15, 0.2) is 31.0 Å². The Morgan fingerprint density at radius 2 is 1.29 bits per heavy atom. The molecule has 7 nitrogen and oxygen atoms in total. The van der Waals surface area contributed by atoms with Crippen molar-refractivity contribution in [3.8, 4) is 0 Å². The Morgan fingerprint density at radius 1 is 0.875 bits per heavy atom. The quantitative estimate of drug-likeness (QED) is 0.694. The molecule has 2 aromatic rings. The van der Waals surface area contributed by atoms with Crippen molar-refractivity contribution in [1.29, 1.82) is 0 Å². The number of carbonyl (C=O) groups is 2. The molecule has 0 aliphatic rings. The van der Waals surface area contributed by atoms with Gasteiger partial charge in [-0.3, -0.25) is 4.98 Å². The molecule has 2 N–H and O–H groups in total. The fraction of sp³-hybridized carbons (Fsp3) is 0.182. The van der Waals surface area contributed by atoms with Crippen molar-refractivity contribution >= 4 is 22.8 Å². The number of nitrogens with zero attached hydrogens (tertiary/aromatic N) is 3. The Morgan fingerprint density at radius 3 is 1.67 bits per heavy atom. The van der Waals surface area contributed by atoms with Crippen molar-refractivity contribution < 1.29 is 46.1 Å². The van der Waals surface area contributed by atoms with E-state index in [2.05, 4.69) is 15.0 Å². The van der Waals surface area contributed by atoms with Gasteiger partial charge in [0.25, 0.3) is 0 Å². The van der Waals surface area contributed by atoms with E-state index in [-0.39, 0.29) is 0 Å². The second-order valence-electron chi connectivity index (χ2n) is 3.56. The molecule has 13 heteroatoms. The number of pyridine rings is 1. The molecule has 0 bridgehead atoms. The lowest BCUT2D eigenvalue weighted by atomic mass is 10.3. The van der Waals surface area contributed by atoms with E-state index in [0.717, 1.165) is 10.9 Å². The molecule has 0 aliphatic carbocycles. The van der Waals surface area contributed by atoms with Crippen LogP contribution in [0, 0.1) is 0 Å². The minimum absolute atomic E-state index is 0.935. The van der Waals surface area contributed by atoms with Crippen molar-refractivity contribution in [1.82, 2.24) is 15.0 Å². The Kier molecular flexibility index (Phi) is 7.52. The van der Waals surface area contributed by atoms with Crippen LogP contribution in [0.1, 0.15) is 0 Å². The van der Waals surface area contributed by atoms with Crippen LogP contribution in [0.3, 0.4) is 0 Å². The number of hydrogen-bond acceptors (Lipinski definition) is 5. The summed E-state index contributed by atoms with van der Waals surface area (Å²) in [5.74, 6) is -5.51. The Balaban J connectivity index is 0.000000343. The highest BCUT2D eigenvalue weighted by atomic mass is 19.4. The topological polar surface area (TPSA) is 113 Å². The predicted molar refractivity (Wildman–Crippen MR) is 64.7 cm³/mol. The fourth-order valence-electron chi connectivity index (χ4n) is 0.826. The van der Waals surface area contributed by atoms with Crippen molar-refractivity contribution in [2.75, 3.05) is 0 Å². The van der Waals surface area contributed by atoms with Gasteiger partial charge in [-0.05, 0) is 6.07 Å². The van der Waals surface area contributed by atoms with Crippen LogP contribution in [0.25, 0.3) is 10.9 Å². The second-order valence-corrected chi connectivity index (χ2v) is 3.56. The van der Waals surface area contributed by atoms with E-state index in [1.54, 1.807) is 18.6 Å². The first kappa shape index (κ1) is 21.0. The van der Waals surface area contributed by atoms with E-state index >= 15 is 0 Å². The number of carboxylic acids is 2. The van der Waals surface area contributed by atoms with Gasteiger partial charge in [0.05, 0.1) is 5.52 Å². The number of alkyl halides is 6. The van der Waals surface area contributed by atoms with Crippen LogP contribution >= 0.6 is 0 Å². The monoisotopic (exact) mass is 359 g/mol. The van der Waals surface area contributed by atoms with Gasteiger partial charge in [-0.1, -0.05) is 0 Å². The summed E-state index contributed by atoms with van der Waals surface area (Å²) in [5.41, 5.74) is 0.935. The molecule has 132 valence electrons. The molecule has 0 aliphatic heterocycles. The summed E-state index contributed by atoms with van der Waals surface area (Å²) in [6, 6.07) is 1.86. The number of halogens is 6.